The van der Waals surface area contributed by atoms with Crippen LogP contribution < -0.4 is 21.8 Å². The van der Waals surface area contributed by atoms with Crippen LogP contribution in [0.1, 0.15) is 22.3 Å². The zero-order valence-electron chi connectivity index (χ0n) is 16.0. The summed E-state index contributed by atoms with van der Waals surface area (Å²) < 4.78 is 1.21. The summed E-state index contributed by atoms with van der Waals surface area (Å²) in [5.74, 6) is -2.23. The third kappa shape index (κ3) is 7.90. The molecule has 0 saturated carbocycles. The number of carbonyl (C=O) groups excluding carboxylic acids is 3. The maximum Gasteiger partial charge on any atom is 0.332 e. The number of halogens is 2. The number of hydrogen-bond acceptors (Lipinski definition) is 6. The number of phenols is 1. The number of benzene rings is 2. The topological polar surface area (TPSA) is 167 Å². The van der Waals surface area contributed by atoms with Crippen LogP contribution in [0.3, 0.4) is 0 Å². The molecule has 0 bridgehead atoms. The van der Waals surface area contributed by atoms with Crippen molar-refractivity contribution in [3.8, 4) is 5.75 Å². The highest BCUT2D eigenvalue weighted by Crippen LogP contribution is 2.32. The number of hydrogen-bond donors (Lipinski definition) is 6. The summed E-state index contributed by atoms with van der Waals surface area (Å²) in [6, 6.07) is 9.53. The van der Waals surface area contributed by atoms with Crippen LogP contribution in [0.25, 0.3) is 0 Å². The van der Waals surface area contributed by atoms with E-state index in [1.807, 2.05) is 5.48 Å². The molecule has 0 aliphatic carbocycles. The van der Waals surface area contributed by atoms with Crippen LogP contribution in [0.2, 0.25) is 0 Å². The van der Waals surface area contributed by atoms with E-state index in [2.05, 4.69) is 47.3 Å². The van der Waals surface area contributed by atoms with Gasteiger partial charge >= 0.3 is 5.97 Å². The van der Waals surface area contributed by atoms with E-state index in [9.17, 15) is 19.5 Å². The molecule has 0 saturated heterocycles. The van der Waals surface area contributed by atoms with Crippen molar-refractivity contribution in [3.05, 3.63) is 56.5 Å². The third-order valence-electron chi connectivity index (χ3n) is 3.80. The molecular formula is C19H19Br2N5O5. The van der Waals surface area contributed by atoms with E-state index in [0.717, 1.165) is 4.47 Å². The molecule has 31 heavy (non-hydrogen) atoms. The predicted octanol–water partition coefficient (Wildman–Crippen LogP) is 2.16. The van der Waals surface area contributed by atoms with E-state index in [1.54, 1.807) is 24.3 Å². The second kappa shape index (κ2) is 11.3. The van der Waals surface area contributed by atoms with Gasteiger partial charge in [0.25, 0.3) is 11.8 Å². The molecule has 12 heteroatoms. The second-order valence-corrected chi connectivity index (χ2v) is 7.97. The summed E-state index contributed by atoms with van der Waals surface area (Å²) >= 11 is 6.50. The van der Waals surface area contributed by atoms with Crippen molar-refractivity contribution in [2.24, 2.45) is 5.73 Å². The number of aryl methyl sites for hydroxylation is 1. The van der Waals surface area contributed by atoms with Crippen LogP contribution in [0.15, 0.2) is 45.3 Å². The van der Waals surface area contributed by atoms with Crippen molar-refractivity contribution in [2.45, 2.75) is 12.8 Å². The molecule has 0 heterocycles. The van der Waals surface area contributed by atoms with Crippen molar-refractivity contribution in [3.63, 3.8) is 0 Å². The number of nitrogens with one attached hydrogen (secondary N) is 4. The van der Waals surface area contributed by atoms with Gasteiger partial charge in [0.2, 0.25) is 0 Å². The number of carbonyl (C=O) groups is 3. The number of hydroxylamine groups is 1. The van der Waals surface area contributed by atoms with Crippen molar-refractivity contribution >= 4 is 61.3 Å². The molecule has 2 aromatic rings. The first-order valence-corrected chi connectivity index (χ1v) is 10.4. The molecule has 2 aromatic carbocycles. The molecule has 0 atom stereocenters. The van der Waals surface area contributed by atoms with Gasteiger partial charge in [-0.2, -0.15) is 5.48 Å². The average molecular weight is 557 g/mol. The van der Waals surface area contributed by atoms with Gasteiger partial charge in [-0.3, -0.25) is 15.0 Å². The van der Waals surface area contributed by atoms with Gasteiger partial charge in [0.15, 0.2) is 5.96 Å². The Morgan fingerprint density at radius 3 is 2.61 bits per heavy atom. The van der Waals surface area contributed by atoms with Crippen LogP contribution in [0.4, 0.5) is 5.69 Å². The fraction of sp³-hybridized carbons (Fsp3) is 0.158. The van der Waals surface area contributed by atoms with Gasteiger partial charge in [0.1, 0.15) is 5.75 Å². The first kappa shape index (κ1) is 24.2. The van der Waals surface area contributed by atoms with Gasteiger partial charge in [-0.15, -0.1) is 0 Å². The highest BCUT2D eigenvalue weighted by atomic mass is 79.9. The largest absolute Gasteiger partial charge is 0.506 e. The van der Waals surface area contributed by atoms with Crippen LogP contribution >= 0.6 is 31.9 Å². The summed E-state index contributed by atoms with van der Waals surface area (Å²) in [6.45, 7) is -0.421. The Morgan fingerprint density at radius 1 is 1.16 bits per heavy atom. The minimum atomic E-state index is -0.729. The number of nitrogens with two attached hydrogens (primary N) is 1. The van der Waals surface area contributed by atoms with Gasteiger partial charge in [-0.25, -0.2) is 4.79 Å². The smallest absolute Gasteiger partial charge is 0.332 e. The monoisotopic (exact) mass is 555 g/mol. The number of guanidine groups is 1. The van der Waals surface area contributed by atoms with Crippen molar-refractivity contribution < 1.29 is 24.3 Å². The number of amides is 2. The minimum absolute atomic E-state index is 0.0188. The molecule has 0 aromatic heterocycles. The first-order valence-electron chi connectivity index (χ1n) is 8.80. The Bertz CT molecular complexity index is 1020. The van der Waals surface area contributed by atoms with Crippen LogP contribution in [0, 0.1) is 5.41 Å². The van der Waals surface area contributed by atoms with E-state index in [4.69, 9.17) is 11.1 Å². The highest BCUT2D eigenvalue weighted by molar-refractivity contribution is 9.11. The fourth-order valence-corrected chi connectivity index (χ4v) is 3.72. The standard InChI is InChI=1S/C19H19Br2N5O5/c20-12-6-10(17(29)14(21)8-12)4-5-16(28)31-26-15(27)9-24-18(30)11-2-1-3-13(7-11)25-19(22)23/h1-3,6-8,29H,4-5,9H2,(H,24,30)(H,26,27)(H4,22,23,25). The van der Waals surface area contributed by atoms with E-state index in [-0.39, 0.29) is 30.1 Å². The molecule has 2 amide bonds. The molecule has 0 aliphatic heterocycles. The summed E-state index contributed by atoms with van der Waals surface area (Å²) in [7, 11) is 0. The summed E-state index contributed by atoms with van der Waals surface area (Å²) in [5, 5.41) is 22.1. The number of phenolic OH excluding ortho intramolecular Hbond substituents is 1. The van der Waals surface area contributed by atoms with Crippen molar-refractivity contribution in [1.82, 2.24) is 10.8 Å². The van der Waals surface area contributed by atoms with Gasteiger partial charge in [-0.05, 0) is 58.2 Å². The fourth-order valence-electron chi connectivity index (χ4n) is 2.40. The Balaban J connectivity index is 1.76. The van der Waals surface area contributed by atoms with E-state index in [0.29, 0.717) is 15.7 Å². The van der Waals surface area contributed by atoms with Gasteiger partial charge < -0.3 is 26.3 Å². The quantitative estimate of drug-likeness (QED) is 0.172. The average Bonchev–Trinajstić information content (AvgIpc) is 2.71. The molecular weight excluding hydrogens is 538 g/mol. The normalized spacial score (nSPS) is 10.1. The molecule has 0 unspecified atom stereocenters. The number of rotatable bonds is 7. The lowest BCUT2D eigenvalue weighted by atomic mass is 10.1. The van der Waals surface area contributed by atoms with Crippen LogP contribution in [0.5, 0.6) is 5.75 Å². The Kier molecular flexibility index (Phi) is 8.82. The molecule has 2 rings (SSSR count). The number of aromatic hydroxyl groups is 1. The molecule has 10 nitrogen and oxygen atoms in total. The van der Waals surface area contributed by atoms with E-state index >= 15 is 0 Å². The maximum atomic E-state index is 12.1. The van der Waals surface area contributed by atoms with Crippen LogP contribution in [-0.4, -0.2) is 35.4 Å². The lowest BCUT2D eigenvalue weighted by molar-refractivity contribution is -0.157. The molecule has 0 fully saturated rings. The van der Waals surface area contributed by atoms with E-state index < -0.39 is 24.3 Å². The Labute approximate surface area is 194 Å². The number of anilines is 1. The Hall–Kier alpha value is -3.12. The van der Waals surface area contributed by atoms with Crippen LogP contribution in [-0.2, 0) is 20.8 Å². The Morgan fingerprint density at radius 2 is 1.90 bits per heavy atom. The molecule has 164 valence electrons. The van der Waals surface area contributed by atoms with Crippen molar-refractivity contribution in [2.75, 3.05) is 11.9 Å². The second-order valence-electron chi connectivity index (χ2n) is 6.20. The maximum absolute atomic E-state index is 12.1. The summed E-state index contributed by atoms with van der Waals surface area (Å²) in [5.41, 5.74) is 8.42. The lowest BCUT2D eigenvalue weighted by Crippen LogP contribution is -2.38. The van der Waals surface area contributed by atoms with Gasteiger partial charge in [-0.1, -0.05) is 22.0 Å². The predicted molar refractivity (Wildman–Crippen MR) is 120 cm³/mol. The lowest BCUT2D eigenvalue weighted by Gasteiger charge is -2.09. The molecule has 0 aliphatic rings. The molecule has 0 spiro atoms. The molecule has 7 N–H and O–H groups in total. The van der Waals surface area contributed by atoms with Gasteiger partial charge in [0.05, 0.1) is 17.4 Å². The van der Waals surface area contributed by atoms with E-state index in [1.165, 1.54) is 12.1 Å². The highest BCUT2D eigenvalue weighted by Gasteiger charge is 2.13. The first-order chi connectivity index (χ1) is 14.7. The summed E-state index contributed by atoms with van der Waals surface area (Å²) in [4.78, 5) is 40.4. The SMILES string of the molecule is N=C(N)Nc1cccc(C(=O)NCC(=O)NOC(=O)CCc2cc(Br)cc(Br)c2O)c1. The zero-order valence-corrected chi connectivity index (χ0v) is 19.2. The molecule has 0 radical (unpaired) electrons. The third-order valence-corrected chi connectivity index (χ3v) is 4.86. The zero-order chi connectivity index (χ0) is 23.0. The summed E-state index contributed by atoms with van der Waals surface area (Å²) in [6.07, 6.45) is 0.110. The van der Waals surface area contributed by atoms with Crippen molar-refractivity contribution in [1.29, 1.82) is 5.41 Å². The minimum Gasteiger partial charge on any atom is -0.506 e. The van der Waals surface area contributed by atoms with Gasteiger partial charge in [0, 0.05) is 15.7 Å².